The summed E-state index contributed by atoms with van der Waals surface area (Å²) >= 11 is 3.51. The Morgan fingerprint density at radius 3 is 2.54 bits per heavy atom. The normalized spacial score (nSPS) is 11.0. The third kappa shape index (κ3) is 2.70. The predicted octanol–water partition coefficient (Wildman–Crippen LogP) is 4.68. The number of hydrogen-bond acceptors (Lipinski definition) is 0. The van der Waals surface area contributed by atoms with E-state index < -0.39 is 0 Å². The summed E-state index contributed by atoms with van der Waals surface area (Å²) in [5, 5.41) is 0. The minimum atomic E-state index is 0. The van der Waals surface area contributed by atoms with Crippen molar-refractivity contribution in [2.45, 2.75) is 27.7 Å². The number of halogens is 1. The highest BCUT2D eigenvalue weighted by atomic mass is 79.9. The van der Waals surface area contributed by atoms with Gasteiger partial charge in [-0.25, -0.2) is 0 Å². The number of rotatable bonds is 0. The van der Waals surface area contributed by atoms with Crippen LogP contribution in [0.4, 0.5) is 0 Å². The van der Waals surface area contributed by atoms with Crippen molar-refractivity contribution in [3.63, 3.8) is 0 Å². The van der Waals surface area contributed by atoms with Crippen molar-refractivity contribution in [2.24, 2.45) is 0 Å². The first-order chi connectivity index (χ1) is 5.88. The molecule has 13 heavy (non-hydrogen) atoms. The molecular weight excluding hydrogens is 224 g/mol. The zero-order valence-corrected chi connectivity index (χ0v) is 9.06. The fraction of sp³-hybridized carbons (Fsp3) is 0.333. The lowest BCUT2D eigenvalue weighted by Gasteiger charge is -1.99. The fourth-order valence-corrected chi connectivity index (χ4v) is 1.79. The van der Waals surface area contributed by atoms with Gasteiger partial charge in [0.05, 0.1) is 0 Å². The van der Waals surface area contributed by atoms with Crippen molar-refractivity contribution >= 4 is 22.0 Å². The summed E-state index contributed by atoms with van der Waals surface area (Å²) in [5.41, 5.74) is 2.77. The lowest BCUT2D eigenvalue weighted by Crippen LogP contribution is -1.81. The van der Waals surface area contributed by atoms with Crippen molar-refractivity contribution in [3.8, 4) is 0 Å². The van der Waals surface area contributed by atoms with Gasteiger partial charge in [0.2, 0.25) is 0 Å². The first-order valence-electron chi connectivity index (χ1n) is 4.32. The molecular formula is C12H17Br. The predicted molar refractivity (Wildman–Crippen MR) is 65.0 cm³/mol. The van der Waals surface area contributed by atoms with E-state index in [1.165, 1.54) is 15.6 Å². The lowest BCUT2D eigenvalue weighted by atomic mass is 10.1. The van der Waals surface area contributed by atoms with Gasteiger partial charge in [-0.1, -0.05) is 61.5 Å². The molecule has 0 N–H and O–H groups in total. The third-order valence-corrected chi connectivity index (χ3v) is 2.52. The summed E-state index contributed by atoms with van der Waals surface area (Å²) in [5.74, 6) is 0. The van der Waals surface area contributed by atoms with Gasteiger partial charge < -0.3 is 0 Å². The van der Waals surface area contributed by atoms with Crippen LogP contribution in [0, 0.1) is 0 Å². The molecule has 1 aliphatic carbocycles. The molecule has 72 valence electrons. The van der Waals surface area contributed by atoms with Crippen LogP contribution in [0.3, 0.4) is 0 Å². The molecule has 0 saturated carbocycles. The minimum absolute atomic E-state index is 0. The number of fused-ring (bicyclic) bond motifs is 1. The van der Waals surface area contributed by atoms with Crippen molar-refractivity contribution in [1.82, 2.24) is 0 Å². The van der Waals surface area contributed by atoms with Crippen molar-refractivity contribution < 1.29 is 0 Å². The quantitative estimate of drug-likeness (QED) is 0.618. The van der Waals surface area contributed by atoms with Gasteiger partial charge in [0, 0.05) is 4.47 Å². The first-order valence-corrected chi connectivity index (χ1v) is 5.11. The molecule has 0 bridgehead atoms. The Labute approximate surface area is 89.8 Å². The van der Waals surface area contributed by atoms with Gasteiger partial charge in [-0.3, -0.25) is 0 Å². The van der Waals surface area contributed by atoms with Gasteiger partial charge in [-0.15, -0.1) is 0 Å². The average molecular weight is 241 g/mol. The second-order valence-corrected chi connectivity index (χ2v) is 3.27. The Kier molecular flexibility index (Phi) is 5.72. The van der Waals surface area contributed by atoms with Gasteiger partial charge in [-0.05, 0) is 23.6 Å². The molecule has 1 aromatic carbocycles. The number of hydrogen-bond donors (Lipinski definition) is 0. The van der Waals surface area contributed by atoms with Crippen LogP contribution in [0.2, 0.25) is 0 Å². The van der Waals surface area contributed by atoms with Gasteiger partial charge in [0.15, 0.2) is 0 Å². The minimum Gasteiger partial charge on any atom is -0.0795 e. The largest absolute Gasteiger partial charge is 0.0795 e. The third-order valence-electron chi connectivity index (χ3n) is 1.77. The van der Waals surface area contributed by atoms with E-state index in [-0.39, 0.29) is 7.43 Å². The maximum absolute atomic E-state index is 3.51. The first kappa shape index (κ1) is 12.4. The Hall–Kier alpha value is -0.560. The highest BCUT2D eigenvalue weighted by Gasteiger charge is 2.06. The average Bonchev–Trinajstić information content (AvgIpc) is 2.57. The molecule has 0 saturated heterocycles. The Morgan fingerprint density at radius 1 is 1.23 bits per heavy atom. The molecule has 0 heterocycles. The molecule has 1 aliphatic rings. The van der Waals surface area contributed by atoms with Gasteiger partial charge in [0.1, 0.15) is 0 Å². The van der Waals surface area contributed by atoms with E-state index in [9.17, 15) is 0 Å². The molecule has 0 aromatic heterocycles. The van der Waals surface area contributed by atoms with E-state index >= 15 is 0 Å². The maximum Gasteiger partial charge on any atom is 0.0216 e. The molecule has 0 unspecified atom stereocenters. The Bertz CT molecular complexity index is 287. The van der Waals surface area contributed by atoms with Gasteiger partial charge >= 0.3 is 0 Å². The summed E-state index contributed by atoms with van der Waals surface area (Å²) in [6, 6.07) is 6.30. The van der Waals surface area contributed by atoms with Crippen LogP contribution >= 0.6 is 15.9 Å². The molecule has 0 atom stereocenters. The van der Waals surface area contributed by atoms with Crippen LogP contribution in [-0.2, 0) is 6.42 Å². The fourth-order valence-electron chi connectivity index (χ4n) is 1.25. The summed E-state index contributed by atoms with van der Waals surface area (Å²) in [4.78, 5) is 0. The molecule has 0 amide bonds. The van der Waals surface area contributed by atoms with Crippen molar-refractivity contribution in [3.05, 3.63) is 39.9 Å². The monoisotopic (exact) mass is 240 g/mol. The second-order valence-electron chi connectivity index (χ2n) is 2.41. The number of allylic oxidation sites excluding steroid dienone is 1. The Balaban J connectivity index is 0.000000451. The maximum atomic E-state index is 3.51. The number of benzene rings is 1. The van der Waals surface area contributed by atoms with Crippen molar-refractivity contribution in [1.29, 1.82) is 0 Å². The summed E-state index contributed by atoms with van der Waals surface area (Å²) < 4.78 is 1.23. The van der Waals surface area contributed by atoms with Crippen LogP contribution in [0.25, 0.3) is 6.08 Å². The molecule has 0 fully saturated rings. The second kappa shape index (κ2) is 5.98. The van der Waals surface area contributed by atoms with E-state index in [1.807, 2.05) is 13.8 Å². The molecule has 0 nitrogen and oxygen atoms in total. The Morgan fingerprint density at radius 2 is 1.92 bits per heavy atom. The zero-order valence-electron chi connectivity index (χ0n) is 7.47. The summed E-state index contributed by atoms with van der Waals surface area (Å²) in [6.45, 7) is 4.00. The summed E-state index contributed by atoms with van der Waals surface area (Å²) in [7, 11) is 0. The zero-order chi connectivity index (χ0) is 8.97. The van der Waals surface area contributed by atoms with Crippen LogP contribution in [0.1, 0.15) is 32.4 Å². The smallest absolute Gasteiger partial charge is 0.0216 e. The standard InChI is InChI=1S/C9H7Br.C2H6.CH4/c10-9-6-2-4-7-3-1-5-8(7)9;1-2;/h1-4,6H,5H2;1-2H3;1H4. The summed E-state index contributed by atoms with van der Waals surface area (Å²) in [6.07, 6.45) is 5.44. The van der Waals surface area contributed by atoms with Crippen LogP contribution in [-0.4, -0.2) is 0 Å². The van der Waals surface area contributed by atoms with Gasteiger partial charge in [-0.2, -0.15) is 0 Å². The van der Waals surface area contributed by atoms with Crippen LogP contribution in [0.5, 0.6) is 0 Å². The van der Waals surface area contributed by atoms with Gasteiger partial charge in [0.25, 0.3) is 0 Å². The topological polar surface area (TPSA) is 0 Å². The molecule has 2 rings (SSSR count). The lowest BCUT2D eigenvalue weighted by molar-refractivity contribution is 1.29. The van der Waals surface area contributed by atoms with Crippen LogP contribution in [0.15, 0.2) is 28.7 Å². The van der Waals surface area contributed by atoms with Crippen LogP contribution < -0.4 is 0 Å². The highest BCUT2D eigenvalue weighted by Crippen LogP contribution is 2.26. The SMILES string of the molecule is Brc1cccc2c1CC=C2.C.CC. The highest BCUT2D eigenvalue weighted by molar-refractivity contribution is 9.10. The molecule has 1 aromatic rings. The molecule has 0 aliphatic heterocycles. The van der Waals surface area contributed by atoms with Crippen molar-refractivity contribution in [2.75, 3.05) is 0 Å². The van der Waals surface area contributed by atoms with E-state index in [0.29, 0.717) is 0 Å². The van der Waals surface area contributed by atoms with E-state index in [2.05, 4.69) is 46.3 Å². The molecule has 0 spiro atoms. The van der Waals surface area contributed by atoms with E-state index in [1.54, 1.807) is 0 Å². The molecule has 0 radical (unpaired) electrons. The van der Waals surface area contributed by atoms with E-state index in [4.69, 9.17) is 0 Å². The molecule has 1 heteroatoms. The van der Waals surface area contributed by atoms with E-state index in [0.717, 1.165) is 6.42 Å².